The van der Waals surface area contributed by atoms with Gasteiger partial charge in [0, 0.05) is 17.9 Å². The molecule has 0 saturated carbocycles. The number of nitrogens with zero attached hydrogens (tertiary/aromatic N) is 3. The number of rotatable bonds is 6. The molecule has 0 spiro atoms. The predicted octanol–water partition coefficient (Wildman–Crippen LogP) is 3.84. The number of carbonyl (C=O) groups is 2. The number of hydrogen-bond acceptors (Lipinski definition) is 7. The molecule has 0 saturated heterocycles. The summed E-state index contributed by atoms with van der Waals surface area (Å²) in [5.41, 5.74) is 1.83. The van der Waals surface area contributed by atoms with Crippen LogP contribution in [0.5, 0.6) is 11.5 Å². The lowest BCUT2D eigenvalue weighted by Gasteiger charge is -2.32. The lowest BCUT2D eigenvalue weighted by Crippen LogP contribution is -2.60. The standard InChI is InChI=1S/C24H23BrN4O5S/c1-5-18(30)28-16-10-8-7-9-14(16)20-22(32)26-24(35-4)27-29(20)23(28)13-11-15(25)21(17(12-13)33-3)34-19(31)6-2/h7-12,23H,5-6H2,1-4H3/p+1. The number of amides is 1. The van der Waals surface area contributed by atoms with E-state index in [1.54, 1.807) is 41.6 Å². The van der Waals surface area contributed by atoms with Crippen molar-refractivity contribution in [2.45, 2.75) is 38.0 Å². The molecular formula is C24H24BrN4O5S+. The Labute approximate surface area is 214 Å². The molecule has 0 bridgehead atoms. The lowest BCUT2D eigenvalue weighted by atomic mass is 10.0. The third-order valence-corrected chi connectivity index (χ3v) is 6.74. The predicted molar refractivity (Wildman–Crippen MR) is 135 cm³/mol. The third-order valence-electron chi connectivity index (χ3n) is 5.58. The highest BCUT2D eigenvalue weighted by Crippen LogP contribution is 2.42. The van der Waals surface area contributed by atoms with Crippen molar-refractivity contribution in [2.24, 2.45) is 0 Å². The first kappa shape index (κ1) is 24.9. The summed E-state index contributed by atoms with van der Waals surface area (Å²) in [4.78, 5) is 43.0. The molecule has 0 fully saturated rings. The molecule has 1 atom stereocenters. The number of hydrogen-bond donors (Lipinski definition) is 1. The van der Waals surface area contributed by atoms with Gasteiger partial charge in [-0.25, -0.2) is 4.90 Å². The van der Waals surface area contributed by atoms with Crippen molar-refractivity contribution in [3.05, 3.63) is 56.8 Å². The Kier molecular flexibility index (Phi) is 7.27. The number of para-hydroxylation sites is 1. The molecular weight excluding hydrogens is 536 g/mol. The van der Waals surface area contributed by atoms with Crippen molar-refractivity contribution >= 4 is 45.3 Å². The van der Waals surface area contributed by atoms with Gasteiger partial charge >= 0.3 is 17.2 Å². The van der Waals surface area contributed by atoms with E-state index in [4.69, 9.17) is 9.47 Å². The van der Waals surface area contributed by atoms with Gasteiger partial charge in [-0.3, -0.25) is 19.4 Å². The Morgan fingerprint density at radius 1 is 1.23 bits per heavy atom. The van der Waals surface area contributed by atoms with Gasteiger partial charge in [-0.15, -0.1) is 0 Å². The lowest BCUT2D eigenvalue weighted by molar-refractivity contribution is -0.763. The van der Waals surface area contributed by atoms with E-state index in [-0.39, 0.29) is 30.1 Å². The van der Waals surface area contributed by atoms with Crippen LogP contribution in [0.1, 0.15) is 38.4 Å². The molecule has 1 aromatic heterocycles. The van der Waals surface area contributed by atoms with E-state index in [0.717, 1.165) is 0 Å². The number of methoxy groups -OCH3 is 1. The Bertz CT molecular complexity index is 1380. The number of carbonyl (C=O) groups excluding carboxylic acids is 2. The number of fused-ring (bicyclic) bond motifs is 3. The van der Waals surface area contributed by atoms with Crippen LogP contribution in [0.3, 0.4) is 0 Å². The smallest absolute Gasteiger partial charge is 0.325 e. The van der Waals surface area contributed by atoms with Gasteiger partial charge < -0.3 is 9.47 Å². The third kappa shape index (κ3) is 4.45. The average Bonchev–Trinajstić information content (AvgIpc) is 2.87. The average molecular weight is 560 g/mol. The van der Waals surface area contributed by atoms with Crippen LogP contribution in [0.4, 0.5) is 5.69 Å². The molecule has 4 rings (SSSR count). The number of nitrogens with one attached hydrogen (secondary N) is 1. The van der Waals surface area contributed by atoms with Crippen LogP contribution in [0.2, 0.25) is 0 Å². The summed E-state index contributed by atoms with van der Waals surface area (Å²) >= 11 is 4.78. The number of aromatic amines is 1. The molecule has 9 nitrogen and oxygen atoms in total. The molecule has 1 unspecified atom stereocenters. The van der Waals surface area contributed by atoms with Gasteiger partial charge in [0.15, 0.2) is 11.5 Å². The van der Waals surface area contributed by atoms with E-state index in [0.29, 0.717) is 37.9 Å². The van der Waals surface area contributed by atoms with Gasteiger partial charge in [0.1, 0.15) is 0 Å². The second-order valence-electron chi connectivity index (χ2n) is 7.63. The van der Waals surface area contributed by atoms with Gasteiger partial charge in [0.05, 0.1) is 28.4 Å². The van der Waals surface area contributed by atoms with Crippen molar-refractivity contribution in [3.63, 3.8) is 0 Å². The number of H-pyrrole nitrogens is 1. The van der Waals surface area contributed by atoms with Gasteiger partial charge in [-0.2, -0.15) is 0 Å². The zero-order valence-electron chi connectivity index (χ0n) is 19.6. The fraction of sp³-hybridized carbons (Fsp3) is 0.292. The van der Waals surface area contributed by atoms with Crippen molar-refractivity contribution in [2.75, 3.05) is 18.3 Å². The summed E-state index contributed by atoms with van der Waals surface area (Å²) in [5, 5.41) is 5.08. The summed E-state index contributed by atoms with van der Waals surface area (Å²) in [6.45, 7) is 3.48. The molecule has 0 radical (unpaired) electrons. The van der Waals surface area contributed by atoms with Gasteiger partial charge in [0.2, 0.25) is 11.1 Å². The van der Waals surface area contributed by atoms with E-state index >= 15 is 0 Å². The fourth-order valence-corrected chi connectivity index (χ4v) is 4.88. The zero-order chi connectivity index (χ0) is 25.3. The largest absolute Gasteiger partial charge is 0.493 e. The van der Waals surface area contributed by atoms with Crippen LogP contribution < -0.4 is 24.6 Å². The molecule has 1 N–H and O–H groups in total. The number of thioether (sulfide) groups is 1. The summed E-state index contributed by atoms with van der Waals surface area (Å²) in [6.07, 6.45) is 1.46. The Balaban J connectivity index is 2.03. The minimum atomic E-state index is -0.790. The fourth-order valence-electron chi connectivity index (χ4n) is 3.98. The number of aromatic nitrogens is 3. The maximum absolute atomic E-state index is 13.3. The van der Waals surface area contributed by atoms with E-state index < -0.39 is 12.1 Å². The van der Waals surface area contributed by atoms with Crippen molar-refractivity contribution in [1.82, 2.24) is 10.1 Å². The molecule has 182 valence electrons. The Morgan fingerprint density at radius 3 is 2.63 bits per heavy atom. The maximum Gasteiger partial charge on any atom is 0.325 e. The van der Waals surface area contributed by atoms with E-state index in [1.807, 2.05) is 24.5 Å². The normalized spacial score (nSPS) is 14.2. The molecule has 35 heavy (non-hydrogen) atoms. The first-order valence-corrected chi connectivity index (χ1v) is 13.0. The molecule has 3 aromatic rings. The molecule has 11 heteroatoms. The zero-order valence-corrected chi connectivity index (χ0v) is 22.0. The van der Waals surface area contributed by atoms with Gasteiger partial charge in [-0.1, -0.05) is 37.7 Å². The van der Waals surface area contributed by atoms with E-state index in [2.05, 4.69) is 26.0 Å². The van der Waals surface area contributed by atoms with Crippen LogP contribution in [0.15, 0.2) is 50.8 Å². The number of esters is 1. The van der Waals surface area contributed by atoms with E-state index in [9.17, 15) is 14.4 Å². The molecule has 1 aliphatic heterocycles. The number of benzene rings is 2. The van der Waals surface area contributed by atoms with Crippen LogP contribution in [-0.4, -0.2) is 35.3 Å². The van der Waals surface area contributed by atoms with Crippen molar-refractivity contribution < 1.29 is 23.7 Å². The van der Waals surface area contributed by atoms with Crippen LogP contribution in [0.25, 0.3) is 11.3 Å². The Morgan fingerprint density at radius 2 is 1.97 bits per heavy atom. The monoisotopic (exact) mass is 559 g/mol. The SMILES string of the molecule is CCC(=O)Oc1c(Br)cc(C2N(C(=O)CC)c3ccccc3-c3c(=O)[nH]c(SC)n[n+]32)cc1OC. The van der Waals surface area contributed by atoms with Gasteiger partial charge in [-0.05, 0) is 51.1 Å². The summed E-state index contributed by atoms with van der Waals surface area (Å²) < 4.78 is 13.0. The van der Waals surface area contributed by atoms with E-state index in [1.165, 1.54) is 18.9 Å². The molecule has 1 aliphatic rings. The minimum Gasteiger partial charge on any atom is -0.493 e. The first-order valence-electron chi connectivity index (χ1n) is 10.9. The summed E-state index contributed by atoms with van der Waals surface area (Å²) in [7, 11) is 1.47. The molecule has 2 aromatic carbocycles. The second kappa shape index (κ2) is 10.2. The summed E-state index contributed by atoms with van der Waals surface area (Å²) in [6, 6.07) is 10.7. The number of halogens is 1. The number of ether oxygens (including phenoxy) is 2. The Hall–Kier alpha value is -3.18. The van der Waals surface area contributed by atoms with Crippen LogP contribution in [0, 0.1) is 0 Å². The van der Waals surface area contributed by atoms with Crippen molar-refractivity contribution in [1.29, 1.82) is 0 Å². The highest BCUT2D eigenvalue weighted by molar-refractivity contribution is 9.10. The first-order chi connectivity index (χ1) is 16.8. The highest BCUT2D eigenvalue weighted by atomic mass is 79.9. The minimum absolute atomic E-state index is 0.148. The van der Waals surface area contributed by atoms with Crippen LogP contribution >= 0.6 is 27.7 Å². The molecule has 2 heterocycles. The molecule has 1 amide bonds. The highest BCUT2D eigenvalue weighted by Gasteiger charge is 2.45. The molecule has 0 aliphatic carbocycles. The topological polar surface area (TPSA) is 105 Å². The summed E-state index contributed by atoms with van der Waals surface area (Å²) in [5.74, 6) is -0.0220. The quantitative estimate of drug-likeness (QED) is 0.212. The van der Waals surface area contributed by atoms with Crippen molar-refractivity contribution in [3.8, 4) is 22.8 Å². The second-order valence-corrected chi connectivity index (χ2v) is 9.28. The maximum atomic E-state index is 13.3. The number of anilines is 1. The van der Waals surface area contributed by atoms with Gasteiger partial charge in [0.25, 0.3) is 6.17 Å². The van der Waals surface area contributed by atoms with Crippen LogP contribution in [-0.2, 0) is 9.59 Å².